The van der Waals surface area contributed by atoms with Crippen molar-refractivity contribution in [2.75, 3.05) is 6.54 Å². The minimum atomic E-state index is 0.523. The van der Waals surface area contributed by atoms with Crippen molar-refractivity contribution in [1.29, 1.82) is 0 Å². The Morgan fingerprint density at radius 3 is 2.19 bits per heavy atom. The van der Waals surface area contributed by atoms with Gasteiger partial charge < -0.3 is 0 Å². The minimum Gasteiger partial charge on any atom is -0.300 e. The van der Waals surface area contributed by atoms with Crippen LogP contribution in [-0.2, 0) is 4.79 Å². The fraction of sp³-hybridized carbons (Fsp3) is 0.929. The van der Waals surface area contributed by atoms with Crippen molar-refractivity contribution in [3.63, 3.8) is 0 Å². The Morgan fingerprint density at radius 2 is 1.62 bits per heavy atom. The topological polar surface area (TPSA) is 20.3 Å². The van der Waals surface area contributed by atoms with E-state index in [1.165, 1.54) is 51.5 Å². The van der Waals surface area contributed by atoms with Gasteiger partial charge in [0.25, 0.3) is 0 Å². The van der Waals surface area contributed by atoms with E-state index in [0.717, 1.165) is 18.8 Å². The Kier molecular flexibility index (Phi) is 3.01. The van der Waals surface area contributed by atoms with Crippen LogP contribution < -0.4 is 0 Å². The largest absolute Gasteiger partial charge is 0.300 e. The Morgan fingerprint density at radius 1 is 1.00 bits per heavy atom. The van der Waals surface area contributed by atoms with E-state index >= 15 is 0 Å². The molecule has 2 heteroatoms. The van der Waals surface area contributed by atoms with E-state index in [-0.39, 0.29) is 0 Å². The van der Waals surface area contributed by atoms with E-state index in [4.69, 9.17) is 0 Å². The summed E-state index contributed by atoms with van der Waals surface area (Å²) in [4.78, 5) is 14.3. The van der Waals surface area contributed by atoms with Crippen LogP contribution in [0.5, 0.6) is 0 Å². The number of rotatable bonds is 3. The van der Waals surface area contributed by atoms with Gasteiger partial charge in [0, 0.05) is 24.9 Å². The normalized spacial score (nSPS) is 36.1. The SMILES string of the molecule is O=C1CC2CCCC(C1)N2CCC1CCC1. The molecule has 3 aliphatic rings. The van der Waals surface area contributed by atoms with Gasteiger partial charge in [0.15, 0.2) is 0 Å². The highest BCUT2D eigenvalue weighted by Gasteiger charge is 2.37. The van der Waals surface area contributed by atoms with Gasteiger partial charge in [-0.25, -0.2) is 0 Å². The maximum Gasteiger partial charge on any atom is 0.136 e. The Bertz CT molecular complexity index is 256. The van der Waals surface area contributed by atoms with Crippen molar-refractivity contribution in [2.45, 2.75) is 69.9 Å². The fourth-order valence-corrected chi connectivity index (χ4v) is 3.74. The molecule has 2 aliphatic heterocycles. The molecule has 2 atom stereocenters. The number of piperidine rings is 2. The zero-order valence-corrected chi connectivity index (χ0v) is 10.2. The second kappa shape index (κ2) is 4.48. The lowest BCUT2D eigenvalue weighted by molar-refractivity contribution is -0.127. The van der Waals surface area contributed by atoms with E-state index in [9.17, 15) is 4.79 Å². The second-order valence-corrected chi connectivity index (χ2v) is 6.01. The van der Waals surface area contributed by atoms with Crippen LogP contribution in [-0.4, -0.2) is 29.3 Å². The number of Topliss-reactive ketones (excluding diaryl/α,β-unsaturated/α-hetero) is 1. The predicted molar refractivity (Wildman–Crippen MR) is 64.3 cm³/mol. The summed E-state index contributed by atoms with van der Waals surface area (Å²) in [6.45, 7) is 1.27. The molecule has 3 rings (SSSR count). The summed E-state index contributed by atoms with van der Waals surface area (Å²) in [5.74, 6) is 1.54. The van der Waals surface area contributed by atoms with Gasteiger partial charge >= 0.3 is 0 Å². The van der Waals surface area contributed by atoms with Gasteiger partial charge in [-0.1, -0.05) is 25.7 Å². The third-order valence-corrected chi connectivity index (χ3v) is 4.96. The molecule has 2 unspecified atom stereocenters. The lowest BCUT2D eigenvalue weighted by atomic mass is 9.80. The molecule has 0 radical (unpaired) electrons. The van der Waals surface area contributed by atoms with Crippen LogP contribution in [0.4, 0.5) is 0 Å². The molecule has 0 N–H and O–H groups in total. The Balaban J connectivity index is 1.57. The quantitative estimate of drug-likeness (QED) is 0.730. The Hall–Kier alpha value is -0.370. The molecule has 0 aromatic rings. The first-order valence-electron chi connectivity index (χ1n) is 7.10. The molecule has 1 saturated carbocycles. The van der Waals surface area contributed by atoms with Crippen LogP contribution in [0.3, 0.4) is 0 Å². The second-order valence-electron chi connectivity index (χ2n) is 6.01. The van der Waals surface area contributed by atoms with Crippen LogP contribution in [0, 0.1) is 5.92 Å². The first kappa shape index (κ1) is 10.8. The van der Waals surface area contributed by atoms with E-state index < -0.39 is 0 Å². The van der Waals surface area contributed by atoms with E-state index in [0.29, 0.717) is 17.9 Å². The number of carbonyl (C=O) groups excluding carboxylic acids is 1. The molecule has 0 aromatic carbocycles. The molecule has 2 saturated heterocycles. The lowest BCUT2D eigenvalue weighted by Gasteiger charge is -2.46. The molecule has 2 heterocycles. The van der Waals surface area contributed by atoms with Crippen molar-refractivity contribution in [3.05, 3.63) is 0 Å². The smallest absolute Gasteiger partial charge is 0.136 e. The molecule has 2 bridgehead atoms. The number of fused-ring (bicyclic) bond motifs is 2. The van der Waals surface area contributed by atoms with Gasteiger partial charge in [0.05, 0.1) is 0 Å². The highest BCUT2D eigenvalue weighted by Crippen LogP contribution is 2.35. The number of carbonyl (C=O) groups is 1. The van der Waals surface area contributed by atoms with Gasteiger partial charge in [0.2, 0.25) is 0 Å². The summed E-state index contributed by atoms with van der Waals surface area (Å²) >= 11 is 0. The van der Waals surface area contributed by atoms with E-state index in [1.54, 1.807) is 0 Å². The maximum absolute atomic E-state index is 11.6. The molecule has 16 heavy (non-hydrogen) atoms. The summed E-state index contributed by atoms with van der Waals surface area (Å²) in [6, 6.07) is 1.22. The van der Waals surface area contributed by atoms with Gasteiger partial charge in [-0.3, -0.25) is 9.69 Å². The number of ketones is 1. The number of hydrogen-bond acceptors (Lipinski definition) is 2. The number of nitrogens with zero attached hydrogens (tertiary/aromatic N) is 1. The monoisotopic (exact) mass is 221 g/mol. The standard InChI is InChI=1S/C14H23NO/c16-14-9-12-5-2-6-13(10-14)15(12)8-7-11-3-1-4-11/h11-13H,1-10H2. The summed E-state index contributed by atoms with van der Waals surface area (Å²) in [5.41, 5.74) is 0. The van der Waals surface area contributed by atoms with Crippen molar-refractivity contribution in [3.8, 4) is 0 Å². The zero-order chi connectivity index (χ0) is 11.0. The van der Waals surface area contributed by atoms with E-state index in [2.05, 4.69) is 4.90 Å². The van der Waals surface area contributed by atoms with Crippen LogP contribution in [0.15, 0.2) is 0 Å². The number of hydrogen-bond donors (Lipinski definition) is 0. The van der Waals surface area contributed by atoms with Crippen LogP contribution in [0.25, 0.3) is 0 Å². The highest BCUT2D eigenvalue weighted by atomic mass is 16.1. The molecular weight excluding hydrogens is 198 g/mol. The summed E-state index contributed by atoms with van der Waals surface area (Å²) in [5, 5.41) is 0. The average molecular weight is 221 g/mol. The first-order chi connectivity index (χ1) is 7.83. The molecule has 0 aromatic heterocycles. The van der Waals surface area contributed by atoms with Crippen LogP contribution in [0.1, 0.15) is 57.8 Å². The fourth-order valence-electron chi connectivity index (χ4n) is 3.74. The summed E-state index contributed by atoms with van der Waals surface area (Å²) in [7, 11) is 0. The van der Waals surface area contributed by atoms with Gasteiger partial charge in [0.1, 0.15) is 5.78 Å². The molecule has 2 nitrogen and oxygen atoms in total. The van der Waals surface area contributed by atoms with Gasteiger partial charge in [-0.05, 0) is 31.7 Å². The van der Waals surface area contributed by atoms with Crippen molar-refractivity contribution >= 4 is 5.78 Å². The van der Waals surface area contributed by atoms with Crippen molar-refractivity contribution in [2.24, 2.45) is 5.92 Å². The summed E-state index contributed by atoms with van der Waals surface area (Å²) in [6.07, 6.45) is 11.4. The first-order valence-corrected chi connectivity index (χ1v) is 7.10. The Labute approximate surface area is 98.4 Å². The van der Waals surface area contributed by atoms with Crippen molar-refractivity contribution < 1.29 is 4.79 Å². The molecule has 0 spiro atoms. The average Bonchev–Trinajstić information content (AvgIpc) is 2.16. The predicted octanol–water partition coefficient (Wildman–Crippen LogP) is 2.76. The van der Waals surface area contributed by atoms with E-state index in [1.807, 2.05) is 0 Å². The zero-order valence-electron chi connectivity index (χ0n) is 10.2. The highest BCUT2D eigenvalue weighted by molar-refractivity contribution is 5.80. The summed E-state index contributed by atoms with van der Waals surface area (Å²) < 4.78 is 0. The molecule has 0 amide bonds. The molecule has 3 fully saturated rings. The third-order valence-electron chi connectivity index (χ3n) is 4.96. The van der Waals surface area contributed by atoms with Crippen LogP contribution >= 0.6 is 0 Å². The molecule has 1 aliphatic carbocycles. The van der Waals surface area contributed by atoms with Crippen molar-refractivity contribution in [1.82, 2.24) is 4.90 Å². The molecular formula is C14H23NO. The lowest BCUT2D eigenvalue weighted by Crippen LogP contribution is -2.52. The van der Waals surface area contributed by atoms with Crippen LogP contribution in [0.2, 0.25) is 0 Å². The third kappa shape index (κ3) is 2.04. The molecule has 90 valence electrons. The van der Waals surface area contributed by atoms with Gasteiger partial charge in [-0.2, -0.15) is 0 Å². The minimum absolute atomic E-state index is 0.523. The van der Waals surface area contributed by atoms with Gasteiger partial charge in [-0.15, -0.1) is 0 Å². The maximum atomic E-state index is 11.6.